The Balaban J connectivity index is 1.37. The lowest BCUT2D eigenvalue weighted by atomic mass is 9.88. The zero-order valence-electron chi connectivity index (χ0n) is 17.7. The van der Waals surface area contributed by atoms with E-state index < -0.39 is 12.2 Å². The number of β-amino-alcohol motifs (C(OH)–C–C–N with tert-alkyl or cyclic N) is 1. The molecule has 4 rings (SSSR count). The number of hydrogen-bond donors (Lipinski definition) is 2. The van der Waals surface area contributed by atoms with Gasteiger partial charge in [-0.1, -0.05) is 0 Å². The van der Waals surface area contributed by atoms with Crippen molar-refractivity contribution in [3.05, 3.63) is 51.7 Å². The third-order valence-electron chi connectivity index (χ3n) is 5.77. The van der Waals surface area contributed by atoms with E-state index in [-0.39, 0.29) is 11.8 Å². The number of amides is 2. The Morgan fingerprint density at radius 1 is 1.47 bits per heavy atom. The Morgan fingerprint density at radius 3 is 3.00 bits per heavy atom. The Labute approximate surface area is 190 Å². The number of hydrogen-bond acceptors (Lipinski definition) is 7. The van der Waals surface area contributed by atoms with E-state index >= 15 is 0 Å². The van der Waals surface area contributed by atoms with Crippen molar-refractivity contribution in [3.8, 4) is 6.07 Å². The SMILES string of the molecule is Cc1ccncc1C=CC(=O)Nc1sc2c(c1C#N)CCC(COC(=O)N1CC(O)C1)C2. The van der Waals surface area contributed by atoms with E-state index in [1.165, 1.54) is 22.3 Å². The van der Waals surface area contributed by atoms with E-state index in [0.717, 1.165) is 28.0 Å². The number of carbonyl (C=O) groups excluding carboxylic acids is 2. The van der Waals surface area contributed by atoms with E-state index in [0.29, 0.717) is 43.1 Å². The largest absolute Gasteiger partial charge is 0.449 e. The number of pyridine rings is 1. The molecule has 32 heavy (non-hydrogen) atoms. The molecule has 3 heterocycles. The van der Waals surface area contributed by atoms with Gasteiger partial charge in [0, 0.05) is 23.3 Å². The van der Waals surface area contributed by atoms with E-state index in [1.54, 1.807) is 18.5 Å². The fourth-order valence-electron chi connectivity index (χ4n) is 3.86. The van der Waals surface area contributed by atoms with Crippen LogP contribution in [0.2, 0.25) is 0 Å². The predicted octanol–water partition coefficient (Wildman–Crippen LogP) is 2.89. The molecule has 0 bridgehead atoms. The molecule has 1 fully saturated rings. The number of nitrogens with zero attached hydrogens (tertiary/aromatic N) is 3. The molecule has 8 nitrogen and oxygen atoms in total. The molecule has 2 aliphatic rings. The minimum atomic E-state index is -0.452. The lowest BCUT2D eigenvalue weighted by Gasteiger charge is -2.35. The highest BCUT2D eigenvalue weighted by atomic mass is 32.1. The number of aromatic nitrogens is 1. The number of ether oxygens (including phenoxy) is 1. The summed E-state index contributed by atoms with van der Waals surface area (Å²) >= 11 is 1.42. The second kappa shape index (κ2) is 9.51. The maximum absolute atomic E-state index is 12.4. The van der Waals surface area contributed by atoms with E-state index in [1.807, 2.05) is 13.0 Å². The topological polar surface area (TPSA) is 116 Å². The van der Waals surface area contributed by atoms with Crippen molar-refractivity contribution in [2.75, 3.05) is 25.0 Å². The van der Waals surface area contributed by atoms with Gasteiger partial charge < -0.3 is 20.1 Å². The van der Waals surface area contributed by atoms with Gasteiger partial charge >= 0.3 is 6.09 Å². The van der Waals surface area contributed by atoms with Gasteiger partial charge in [-0.15, -0.1) is 11.3 Å². The number of nitrogens with one attached hydrogen (secondary N) is 1. The summed E-state index contributed by atoms with van der Waals surface area (Å²) in [6.07, 6.45) is 7.91. The molecule has 0 radical (unpaired) electrons. The quantitative estimate of drug-likeness (QED) is 0.674. The lowest BCUT2D eigenvalue weighted by Crippen LogP contribution is -2.53. The fraction of sp³-hybridized carbons (Fsp3) is 0.391. The summed E-state index contributed by atoms with van der Waals surface area (Å²) in [6.45, 7) is 2.89. The molecule has 1 saturated heterocycles. The van der Waals surface area contributed by atoms with Crippen molar-refractivity contribution in [1.82, 2.24) is 9.88 Å². The van der Waals surface area contributed by atoms with Crippen molar-refractivity contribution >= 4 is 34.4 Å². The number of rotatable bonds is 5. The lowest BCUT2D eigenvalue weighted by molar-refractivity contribution is -0.111. The molecular weight excluding hydrogens is 428 g/mol. The van der Waals surface area contributed by atoms with Crippen molar-refractivity contribution in [2.24, 2.45) is 5.92 Å². The molecule has 166 valence electrons. The molecule has 1 aliphatic heterocycles. The van der Waals surface area contributed by atoms with Crippen molar-refractivity contribution in [1.29, 1.82) is 5.26 Å². The molecule has 2 N–H and O–H groups in total. The van der Waals surface area contributed by atoms with Crippen molar-refractivity contribution in [3.63, 3.8) is 0 Å². The Bertz CT molecular complexity index is 1100. The fourth-order valence-corrected chi connectivity index (χ4v) is 5.17. The number of thiophene rings is 1. The molecular formula is C23H24N4O4S. The van der Waals surface area contributed by atoms with Gasteiger partial charge in [0.25, 0.3) is 0 Å². The van der Waals surface area contributed by atoms with Gasteiger partial charge in [-0.05, 0) is 60.9 Å². The molecule has 2 aromatic heterocycles. The number of aryl methyl sites for hydroxylation is 1. The molecule has 0 spiro atoms. The maximum Gasteiger partial charge on any atom is 0.409 e. The molecule has 9 heteroatoms. The highest BCUT2D eigenvalue weighted by molar-refractivity contribution is 7.16. The van der Waals surface area contributed by atoms with E-state index in [2.05, 4.69) is 16.4 Å². The second-order valence-corrected chi connectivity index (χ2v) is 9.22. The van der Waals surface area contributed by atoms with E-state index in [9.17, 15) is 20.0 Å². The summed E-state index contributed by atoms with van der Waals surface area (Å²) in [5, 5.41) is 22.4. The van der Waals surface area contributed by atoms with Crippen LogP contribution >= 0.6 is 11.3 Å². The molecule has 2 aromatic rings. The van der Waals surface area contributed by atoms with Crippen LogP contribution in [0.25, 0.3) is 6.08 Å². The third kappa shape index (κ3) is 4.82. The normalized spacial score (nSPS) is 18.0. The van der Waals surface area contributed by atoms with Crippen molar-refractivity contribution < 1.29 is 19.4 Å². The van der Waals surface area contributed by atoms with Gasteiger partial charge in [0.15, 0.2) is 0 Å². The number of aliphatic hydroxyl groups excluding tert-OH is 1. The summed E-state index contributed by atoms with van der Waals surface area (Å²) in [5.74, 6) is -0.134. The summed E-state index contributed by atoms with van der Waals surface area (Å²) < 4.78 is 5.39. The predicted molar refractivity (Wildman–Crippen MR) is 120 cm³/mol. The van der Waals surface area contributed by atoms with Gasteiger partial charge in [0.05, 0.1) is 31.4 Å². The first-order chi connectivity index (χ1) is 15.4. The Morgan fingerprint density at radius 2 is 2.28 bits per heavy atom. The van der Waals surface area contributed by atoms with Crippen LogP contribution in [0.3, 0.4) is 0 Å². The molecule has 2 amide bonds. The first kappa shape index (κ1) is 22.0. The number of aliphatic hydroxyl groups is 1. The molecule has 1 atom stereocenters. The Kier molecular flexibility index (Phi) is 6.53. The zero-order chi connectivity index (χ0) is 22.7. The van der Waals surface area contributed by atoms with Gasteiger partial charge in [-0.25, -0.2) is 4.79 Å². The average Bonchev–Trinajstić information content (AvgIpc) is 3.10. The van der Waals surface area contributed by atoms with Crippen LogP contribution in [0.5, 0.6) is 0 Å². The smallest absolute Gasteiger partial charge is 0.409 e. The van der Waals surface area contributed by atoms with Crippen LogP contribution in [0.1, 0.15) is 33.6 Å². The number of nitriles is 1. The first-order valence-corrected chi connectivity index (χ1v) is 11.3. The molecule has 1 unspecified atom stereocenters. The van der Waals surface area contributed by atoms with Crippen LogP contribution in [-0.2, 0) is 22.4 Å². The third-order valence-corrected chi connectivity index (χ3v) is 6.94. The second-order valence-electron chi connectivity index (χ2n) is 8.12. The minimum absolute atomic E-state index is 0.167. The average molecular weight is 453 g/mol. The van der Waals surface area contributed by atoms with Crippen molar-refractivity contribution in [2.45, 2.75) is 32.3 Å². The minimum Gasteiger partial charge on any atom is -0.449 e. The van der Waals surface area contributed by atoms with Gasteiger partial charge in [0.1, 0.15) is 11.1 Å². The van der Waals surface area contributed by atoms with Gasteiger partial charge in [-0.2, -0.15) is 5.26 Å². The standard InChI is InChI=1S/C23H24N4O4S/c1-14-6-7-25-10-16(14)3-5-21(29)26-22-19(9-24)18-4-2-15(8-20(18)32-22)13-31-23(30)27-11-17(28)12-27/h3,5-7,10,15,17,28H,2,4,8,11-13H2,1H3,(H,26,29). The Hall–Kier alpha value is -3.22. The van der Waals surface area contributed by atoms with Crippen LogP contribution in [-0.4, -0.2) is 52.8 Å². The first-order valence-electron chi connectivity index (χ1n) is 10.5. The highest BCUT2D eigenvalue weighted by Crippen LogP contribution is 2.39. The van der Waals surface area contributed by atoms with Crippen LogP contribution in [0.4, 0.5) is 9.80 Å². The van der Waals surface area contributed by atoms with E-state index in [4.69, 9.17) is 4.74 Å². The molecule has 0 aromatic carbocycles. The monoisotopic (exact) mass is 452 g/mol. The number of fused-ring (bicyclic) bond motifs is 1. The molecule has 0 saturated carbocycles. The van der Waals surface area contributed by atoms with Crippen LogP contribution in [0.15, 0.2) is 24.5 Å². The van der Waals surface area contributed by atoms with Gasteiger partial charge in [0.2, 0.25) is 5.91 Å². The molecule has 1 aliphatic carbocycles. The summed E-state index contributed by atoms with van der Waals surface area (Å²) in [5.41, 5.74) is 3.38. The number of carbonyl (C=O) groups is 2. The highest BCUT2D eigenvalue weighted by Gasteiger charge is 2.31. The number of anilines is 1. The summed E-state index contributed by atoms with van der Waals surface area (Å²) in [4.78, 5) is 31.0. The summed E-state index contributed by atoms with van der Waals surface area (Å²) in [7, 11) is 0. The number of likely N-dealkylation sites (tertiary alicyclic amines) is 1. The van der Waals surface area contributed by atoms with Gasteiger partial charge in [-0.3, -0.25) is 9.78 Å². The maximum atomic E-state index is 12.4. The summed E-state index contributed by atoms with van der Waals surface area (Å²) in [6, 6.07) is 4.11. The van der Waals surface area contributed by atoms with Crippen LogP contribution in [0, 0.1) is 24.2 Å². The van der Waals surface area contributed by atoms with Crippen LogP contribution < -0.4 is 5.32 Å². The zero-order valence-corrected chi connectivity index (χ0v) is 18.5.